The summed E-state index contributed by atoms with van der Waals surface area (Å²) in [6, 6.07) is 7.82. The molecule has 1 aromatic carbocycles. The van der Waals surface area contributed by atoms with Gasteiger partial charge in [-0.1, -0.05) is 19.1 Å². The van der Waals surface area contributed by atoms with E-state index in [1.54, 1.807) is 0 Å². The number of hydrogen-bond acceptors (Lipinski definition) is 2. The maximum absolute atomic E-state index is 12.2. The molecule has 1 heterocycles. The van der Waals surface area contributed by atoms with Crippen molar-refractivity contribution in [3.8, 4) is 0 Å². The molecule has 1 aromatic rings. The first-order chi connectivity index (χ1) is 9.15. The summed E-state index contributed by atoms with van der Waals surface area (Å²) in [5.74, 6) is 1.04. The molecular weight excluding hydrogens is 236 g/mol. The highest BCUT2D eigenvalue weighted by Crippen LogP contribution is 2.17. The minimum absolute atomic E-state index is 0.288. The van der Waals surface area contributed by atoms with Crippen LogP contribution in [0.1, 0.15) is 38.2 Å². The van der Waals surface area contributed by atoms with Crippen LogP contribution < -0.4 is 5.73 Å². The Morgan fingerprint density at radius 1 is 1.37 bits per heavy atom. The lowest BCUT2D eigenvalue weighted by Crippen LogP contribution is -2.32. The Morgan fingerprint density at radius 3 is 3.00 bits per heavy atom. The highest BCUT2D eigenvalue weighted by molar-refractivity contribution is 5.76. The van der Waals surface area contributed by atoms with Gasteiger partial charge in [0.1, 0.15) is 0 Å². The number of aryl methyl sites for hydroxylation is 1. The molecule has 2 rings (SSSR count). The number of anilines is 1. The third kappa shape index (κ3) is 4.27. The van der Waals surface area contributed by atoms with Crippen molar-refractivity contribution in [1.29, 1.82) is 0 Å². The lowest BCUT2D eigenvalue weighted by Gasteiger charge is -2.20. The summed E-state index contributed by atoms with van der Waals surface area (Å²) in [5.41, 5.74) is 7.67. The van der Waals surface area contributed by atoms with Gasteiger partial charge in [0, 0.05) is 25.2 Å². The van der Waals surface area contributed by atoms with Crippen LogP contribution >= 0.6 is 0 Å². The monoisotopic (exact) mass is 260 g/mol. The van der Waals surface area contributed by atoms with E-state index in [1.165, 1.54) is 6.42 Å². The van der Waals surface area contributed by atoms with E-state index < -0.39 is 0 Å². The van der Waals surface area contributed by atoms with Gasteiger partial charge in [0.25, 0.3) is 0 Å². The van der Waals surface area contributed by atoms with Crippen molar-refractivity contribution in [2.75, 3.05) is 18.8 Å². The van der Waals surface area contributed by atoms with Gasteiger partial charge < -0.3 is 10.6 Å². The molecule has 1 amide bonds. The average molecular weight is 260 g/mol. The third-order valence-corrected chi connectivity index (χ3v) is 3.95. The van der Waals surface area contributed by atoms with E-state index in [0.29, 0.717) is 6.42 Å². The largest absolute Gasteiger partial charge is 0.399 e. The highest BCUT2D eigenvalue weighted by atomic mass is 16.2. The topological polar surface area (TPSA) is 46.3 Å². The van der Waals surface area contributed by atoms with Crippen molar-refractivity contribution in [3.05, 3.63) is 29.8 Å². The van der Waals surface area contributed by atoms with Crippen molar-refractivity contribution in [2.45, 2.75) is 39.0 Å². The number of nitrogens with zero attached hydrogens (tertiary/aromatic N) is 1. The molecule has 3 nitrogen and oxygen atoms in total. The molecule has 19 heavy (non-hydrogen) atoms. The van der Waals surface area contributed by atoms with Crippen LogP contribution in [0.25, 0.3) is 0 Å². The third-order valence-electron chi connectivity index (χ3n) is 3.95. The first-order valence-corrected chi connectivity index (χ1v) is 7.27. The number of nitrogens with two attached hydrogens (primary N) is 1. The molecule has 0 spiro atoms. The number of benzene rings is 1. The summed E-state index contributed by atoms with van der Waals surface area (Å²) < 4.78 is 0. The average Bonchev–Trinajstić information content (AvgIpc) is 2.61. The molecule has 1 aliphatic heterocycles. The van der Waals surface area contributed by atoms with Crippen LogP contribution in [0.3, 0.4) is 0 Å². The van der Waals surface area contributed by atoms with Crippen LogP contribution in [0.5, 0.6) is 0 Å². The van der Waals surface area contributed by atoms with E-state index in [4.69, 9.17) is 5.73 Å². The fourth-order valence-electron chi connectivity index (χ4n) is 2.67. The molecule has 1 saturated heterocycles. The Labute approximate surface area is 115 Å². The zero-order chi connectivity index (χ0) is 13.7. The van der Waals surface area contributed by atoms with E-state index in [9.17, 15) is 4.79 Å². The lowest BCUT2D eigenvalue weighted by molar-refractivity contribution is -0.131. The van der Waals surface area contributed by atoms with Gasteiger partial charge in [-0.2, -0.15) is 0 Å². The SMILES string of the molecule is CC1CCCN(C(=O)CCc2cccc(N)c2)CC1. The molecule has 0 saturated carbocycles. The van der Waals surface area contributed by atoms with Crippen LogP contribution in [0, 0.1) is 5.92 Å². The number of carbonyl (C=O) groups excluding carboxylic acids is 1. The Balaban J connectivity index is 1.83. The number of hydrogen-bond donors (Lipinski definition) is 1. The first-order valence-electron chi connectivity index (χ1n) is 7.27. The summed E-state index contributed by atoms with van der Waals surface area (Å²) in [6.07, 6.45) is 4.92. The predicted octanol–water partition coefficient (Wildman–Crippen LogP) is 2.85. The Morgan fingerprint density at radius 2 is 2.21 bits per heavy atom. The van der Waals surface area contributed by atoms with Gasteiger partial charge in [-0.3, -0.25) is 4.79 Å². The minimum atomic E-state index is 0.288. The standard InChI is InChI=1S/C16H24N2O/c1-13-4-3-10-18(11-9-13)16(19)8-7-14-5-2-6-15(17)12-14/h2,5-6,12-13H,3-4,7-11,17H2,1H3. The Bertz CT molecular complexity index is 431. The number of rotatable bonds is 3. The molecule has 1 aliphatic rings. The maximum Gasteiger partial charge on any atom is 0.222 e. The molecule has 0 aromatic heterocycles. The van der Waals surface area contributed by atoms with Gasteiger partial charge in [0.2, 0.25) is 5.91 Å². The number of carbonyl (C=O) groups is 1. The molecule has 104 valence electrons. The molecule has 3 heteroatoms. The fourth-order valence-corrected chi connectivity index (χ4v) is 2.67. The number of likely N-dealkylation sites (tertiary alicyclic amines) is 1. The molecule has 0 radical (unpaired) electrons. The molecule has 2 N–H and O–H groups in total. The maximum atomic E-state index is 12.2. The molecular formula is C16H24N2O. The smallest absolute Gasteiger partial charge is 0.222 e. The summed E-state index contributed by atoms with van der Waals surface area (Å²) in [7, 11) is 0. The van der Waals surface area contributed by atoms with Gasteiger partial charge in [-0.15, -0.1) is 0 Å². The van der Waals surface area contributed by atoms with E-state index >= 15 is 0 Å². The van der Waals surface area contributed by atoms with E-state index in [0.717, 1.165) is 49.5 Å². The minimum Gasteiger partial charge on any atom is -0.399 e. The molecule has 0 bridgehead atoms. The fraction of sp³-hybridized carbons (Fsp3) is 0.562. The van der Waals surface area contributed by atoms with Crippen molar-refractivity contribution in [1.82, 2.24) is 4.90 Å². The number of nitrogen functional groups attached to an aromatic ring is 1. The normalized spacial score (nSPS) is 20.1. The molecule has 1 atom stereocenters. The van der Waals surface area contributed by atoms with Gasteiger partial charge in [0.15, 0.2) is 0 Å². The summed E-state index contributed by atoms with van der Waals surface area (Å²) in [5, 5.41) is 0. The van der Waals surface area contributed by atoms with Gasteiger partial charge in [0.05, 0.1) is 0 Å². The summed E-state index contributed by atoms with van der Waals surface area (Å²) >= 11 is 0. The summed E-state index contributed by atoms with van der Waals surface area (Å²) in [4.78, 5) is 14.2. The van der Waals surface area contributed by atoms with Crippen molar-refractivity contribution >= 4 is 11.6 Å². The Kier molecular flexibility index (Phi) is 4.83. The van der Waals surface area contributed by atoms with Crippen LogP contribution in [-0.4, -0.2) is 23.9 Å². The van der Waals surface area contributed by atoms with Crippen LogP contribution in [0.4, 0.5) is 5.69 Å². The zero-order valence-electron chi connectivity index (χ0n) is 11.8. The van der Waals surface area contributed by atoms with E-state index in [2.05, 4.69) is 6.92 Å². The second-order valence-corrected chi connectivity index (χ2v) is 5.66. The highest BCUT2D eigenvalue weighted by Gasteiger charge is 2.17. The van der Waals surface area contributed by atoms with Crippen LogP contribution in [0.15, 0.2) is 24.3 Å². The van der Waals surface area contributed by atoms with Crippen molar-refractivity contribution in [3.63, 3.8) is 0 Å². The number of amides is 1. The van der Waals surface area contributed by atoms with Gasteiger partial charge in [-0.25, -0.2) is 0 Å². The molecule has 1 unspecified atom stereocenters. The van der Waals surface area contributed by atoms with Gasteiger partial charge >= 0.3 is 0 Å². The predicted molar refractivity (Wildman–Crippen MR) is 78.8 cm³/mol. The van der Waals surface area contributed by atoms with E-state index in [-0.39, 0.29) is 5.91 Å². The quantitative estimate of drug-likeness (QED) is 0.849. The lowest BCUT2D eigenvalue weighted by atomic mass is 10.0. The van der Waals surface area contributed by atoms with Crippen LogP contribution in [-0.2, 0) is 11.2 Å². The second kappa shape index (κ2) is 6.60. The second-order valence-electron chi connectivity index (χ2n) is 5.66. The van der Waals surface area contributed by atoms with Gasteiger partial charge in [-0.05, 0) is 49.3 Å². The summed E-state index contributed by atoms with van der Waals surface area (Å²) in [6.45, 7) is 4.14. The van der Waals surface area contributed by atoms with Crippen molar-refractivity contribution in [2.24, 2.45) is 5.92 Å². The Hall–Kier alpha value is -1.51. The van der Waals surface area contributed by atoms with Crippen LogP contribution in [0.2, 0.25) is 0 Å². The molecule has 0 aliphatic carbocycles. The molecule has 1 fully saturated rings. The van der Waals surface area contributed by atoms with E-state index in [1.807, 2.05) is 29.2 Å². The van der Waals surface area contributed by atoms with Crippen molar-refractivity contribution < 1.29 is 4.79 Å². The first kappa shape index (κ1) is 13.9. The zero-order valence-corrected chi connectivity index (χ0v) is 11.8.